The van der Waals surface area contributed by atoms with Crippen LogP contribution >= 0.6 is 12.4 Å². The summed E-state index contributed by atoms with van der Waals surface area (Å²) in [5.74, 6) is 0. The zero-order valence-electron chi connectivity index (χ0n) is 7.00. The second-order valence-corrected chi connectivity index (χ2v) is 2.59. The average molecular weight is 182 g/mol. The van der Waals surface area contributed by atoms with Gasteiger partial charge >= 0.3 is 0 Å². The Kier molecular flexibility index (Phi) is 5.86. The van der Waals surface area contributed by atoms with Crippen molar-refractivity contribution < 1.29 is 9.47 Å². The van der Waals surface area contributed by atoms with Gasteiger partial charge in [0.05, 0.1) is 25.4 Å². The summed E-state index contributed by atoms with van der Waals surface area (Å²) in [4.78, 5) is 0. The summed E-state index contributed by atoms with van der Waals surface area (Å²) < 4.78 is 10.4. The molecule has 1 aliphatic rings. The first-order chi connectivity index (χ1) is 4.84. The summed E-state index contributed by atoms with van der Waals surface area (Å²) in [7, 11) is 1.71. The molecule has 2 atom stereocenters. The van der Waals surface area contributed by atoms with Crippen molar-refractivity contribution in [2.24, 2.45) is 0 Å². The number of hydrogen-bond acceptors (Lipinski definition) is 3. The lowest BCUT2D eigenvalue weighted by atomic mass is 10.2. The minimum absolute atomic E-state index is 0. The molecule has 0 unspecified atom stereocenters. The molecule has 1 saturated heterocycles. The first-order valence-electron chi connectivity index (χ1n) is 3.68. The van der Waals surface area contributed by atoms with Crippen molar-refractivity contribution in [2.45, 2.75) is 19.1 Å². The fourth-order valence-corrected chi connectivity index (χ4v) is 1.15. The lowest BCUT2D eigenvalue weighted by Crippen LogP contribution is -2.49. The minimum atomic E-state index is 0. The molecule has 1 rings (SSSR count). The maximum absolute atomic E-state index is 5.40. The van der Waals surface area contributed by atoms with Gasteiger partial charge in [0.1, 0.15) is 0 Å². The summed E-state index contributed by atoms with van der Waals surface area (Å²) in [6.07, 6.45) is 0.286. The van der Waals surface area contributed by atoms with E-state index in [-0.39, 0.29) is 18.5 Å². The van der Waals surface area contributed by atoms with Crippen LogP contribution in [0, 0.1) is 0 Å². The normalized spacial score (nSPS) is 31.1. The van der Waals surface area contributed by atoms with Crippen LogP contribution in [-0.4, -0.2) is 39.0 Å². The van der Waals surface area contributed by atoms with Crippen LogP contribution in [0.4, 0.5) is 0 Å². The number of methoxy groups -OCH3 is 1. The molecule has 1 aliphatic heterocycles. The highest BCUT2D eigenvalue weighted by atomic mass is 35.5. The first-order valence-corrected chi connectivity index (χ1v) is 3.68. The number of rotatable bonds is 2. The van der Waals surface area contributed by atoms with Gasteiger partial charge in [-0.25, -0.2) is 0 Å². The van der Waals surface area contributed by atoms with Crippen LogP contribution in [0.2, 0.25) is 0 Å². The largest absolute Gasteiger partial charge is 0.383 e. The standard InChI is InChI=1S/C7H15NO2.ClH/c1-6-7(5-9-2)8-3-4-10-6;/h6-8H,3-5H2,1-2H3;1H/t6-,7-;/m0./s1. The molecule has 0 aliphatic carbocycles. The molecular formula is C7H16ClNO2. The molecule has 1 fully saturated rings. The number of morpholine rings is 1. The Balaban J connectivity index is 0.000001000. The molecule has 0 spiro atoms. The first kappa shape index (κ1) is 11.2. The van der Waals surface area contributed by atoms with Gasteiger partial charge in [-0.3, -0.25) is 0 Å². The Morgan fingerprint density at radius 2 is 2.36 bits per heavy atom. The maximum Gasteiger partial charge on any atom is 0.0723 e. The van der Waals surface area contributed by atoms with E-state index in [1.807, 2.05) is 0 Å². The van der Waals surface area contributed by atoms with Crippen LogP contribution in [0.15, 0.2) is 0 Å². The van der Waals surface area contributed by atoms with Gasteiger partial charge in [-0.15, -0.1) is 12.4 Å². The molecular weight excluding hydrogens is 166 g/mol. The molecule has 0 aromatic heterocycles. The molecule has 0 saturated carbocycles. The predicted octanol–water partition coefficient (Wildman–Crippen LogP) is 0.432. The molecule has 0 aromatic carbocycles. The van der Waals surface area contributed by atoms with Gasteiger partial charge in [-0.1, -0.05) is 0 Å². The molecule has 0 aromatic rings. The van der Waals surface area contributed by atoms with Crippen LogP contribution in [0.25, 0.3) is 0 Å². The SMILES string of the molecule is COC[C@@H]1NCCO[C@H]1C.Cl. The Morgan fingerprint density at radius 3 is 2.91 bits per heavy atom. The highest BCUT2D eigenvalue weighted by Gasteiger charge is 2.20. The maximum atomic E-state index is 5.40. The molecule has 1 heterocycles. The van der Waals surface area contributed by atoms with E-state index in [0.29, 0.717) is 6.04 Å². The minimum Gasteiger partial charge on any atom is -0.383 e. The molecule has 4 heteroatoms. The van der Waals surface area contributed by atoms with Gasteiger partial charge in [-0.05, 0) is 6.92 Å². The van der Waals surface area contributed by atoms with Gasteiger partial charge < -0.3 is 14.8 Å². The zero-order chi connectivity index (χ0) is 7.40. The lowest BCUT2D eigenvalue weighted by molar-refractivity contribution is -0.0149. The van der Waals surface area contributed by atoms with Gasteiger partial charge in [-0.2, -0.15) is 0 Å². The molecule has 11 heavy (non-hydrogen) atoms. The van der Waals surface area contributed by atoms with E-state index in [2.05, 4.69) is 12.2 Å². The highest BCUT2D eigenvalue weighted by molar-refractivity contribution is 5.85. The fourth-order valence-electron chi connectivity index (χ4n) is 1.15. The average Bonchev–Trinajstić information content (AvgIpc) is 1.94. The Labute approximate surface area is 73.9 Å². The number of halogens is 1. The van der Waals surface area contributed by atoms with Crippen molar-refractivity contribution in [3.8, 4) is 0 Å². The molecule has 0 radical (unpaired) electrons. The van der Waals surface area contributed by atoms with Gasteiger partial charge in [0.15, 0.2) is 0 Å². The number of hydrogen-bond donors (Lipinski definition) is 1. The van der Waals surface area contributed by atoms with Crippen LogP contribution in [0.3, 0.4) is 0 Å². The van der Waals surface area contributed by atoms with Crippen LogP contribution in [-0.2, 0) is 9.47 Å². The third-order valence-electron chi connectivity index (χ3n) is 1.80. The summed E-state index contributed by atoms with van der Waals surface area (Å²) in [6.45, 7) is 4.57. The third kappa shape index (κ3) is 3.38. The van der Waals surface area contributed by atoms with E-state index in [1.54, 1.807) is 7.11 Å². The summed E-state index contributed by atoms with van der Waals surface area (Å²) >= 11 is 0. The quantitative estimate of drug-likeness (QED) is 0.671. The van der Waals surface area contributed by atoms with Crippen LogP contribution in [0.5, 0.6) is 0 Å². The van der Waals surface area contributed by atoms with E-state index < -0.39 is 0 Å². The van der Waals surface area contributed by atoms with E-state index in [9.17, 15) is 0 Å². The van der Waals surface area contributed by atoms with Crippen LogP contribution < -0.4 is 5.32 Å². The van der Waals surface area contributed by atoms with Crippen LogP contribution in [0.1, 0.15) is 6.92 Å². The van der Waals surface area contributed by atoms with Crippen molar-refractivity contribution in [1.29, 1.82) is 0 Å². The van der Waals surface area contributed by atoms with Gasteiger partial charge in [0, 0.05) is 13.7 Å². The Bertz CT molecular complexity index is 100. The van der Waals surface area contributed by atoms with Crippen molar-refractivity contribution in [3.63, 3.8) is 0 Å². The van der Waals surface area contributed by atoms with Gasteiger partial charge in [0.25, 0.3) is 0 Å². The zero-order valence-corrected chi connectivity index (χ0v) is 7.82. The molecule has 0 amide bonds. The molecule has 1 N–H and O–H groups in total. The Morgan fingerprint density at radius 1 is 1.64 bits per heavy atom. The summed E-state index contributed by atoms with van der Waals surface area (Å²) in [5.41, 5.74) is 0. The summed E-state index contributed by atoms with van der Waals surface area (Å²) in [6, 6.07) is 0.374. The smallest absolute Gasteiger partial charge is 0.0723 e. The molecule has 0 bridgehead atoms. The number of nitrogens with one attached hydrogen (secondary N) is 1. The van der Waals surface area contributed by atoms with Crippen molar-refractivity contribution in [1.82, 2.24) is 5.32 Å². The second kappa shape index (κ2) is 5.77. The van der Waals surface area contributed by atoms with Crippen molar-refractivity contribution in [3.05, 3.63) is 0 Å². The van der Waals surface area contributed by atoms with Crippen molar-refractivity contribution in [2.75, 3.05) is 26.9 Å². The van der Waals surface area contributed by atoms with Gasteiger partial charge in [0.2, 0.25) is 0 Å². The topological polar surface area (TPSA) is 30.5 Å². The fraction of sp³-hybridized carbons (Fsp3) is 1.00. The van der Waals surface area contributed by atoms with E-state index in [1.165, 1.54) is 0 Å². The third-order valence-corrected chi connectivity index (χ3v) is 1.80. The molecule has 68 valence electrons. The predicted molar refractivity (Wildman–Crippen MR) is 46.3 cm³/mol. The second-order valence-electron chi connectivity index (χ2n) is 2.59. The van der Waals surface area contributed by atoms with E-state index in [4.69, 9.17) is 9.47 Å². The number of ether oxygens (including phenoxy) is 2. The lowest BCUT2D eigenvalue weighted by Gasteiger charge is -2.29. The Hall–Kier alpha value is 0.170. The van der Waals surface area contributed by atoms with E-state index >= 15 is 0 Å². The molecule has 3 nitrogen and oxygen atoms in total. The highest BCUT2D eigenvalue weighted by Crippen LogP contribution is 2.03. The monoisotopic (exact) mass is 181 g/mol. The van der Waals surface area contributed by atoms with E-state index in [0.717, 1.165) is 19.8 Å². The summed E-state index contributed by atoms with van der Waals surface area (Å²) in [5, 5.41) is 3.32. The van der Waals surface area contributed by atoms with Crippen molar-refractivity contribution >= 4 is 12.4 Å².